The molecule has 2 rings (SSSR count). The first-order valence-corrected chi connectivity index (χ1v) is 6.44. The van der Waals surface area contributed by atoms with E-state index in [1.165, 1.54) is 4.90 Å². The fraction of sp³-hybridized carbons (Fsp3) is 0.357. The van der Waals surface area contributed by atoms with Gasteiger partial charge in [0.05, 0.1) is 23.7 Å². The molecule has 0 saturated carbocycles. The van der Waals surface area contributed by atoms with Crippen LogP contribution in [0, 0.1) is 0 Å². The van der Waals surface area contributed by atoms with Crippen LogP contribution in [-0.2, 0) is 0 Å². The fourth-order valence-corrected chi connectivity index (χ4v) is 1.75. The van der Waals surface area contributed by atoms with E-state index in [1.54, 1.807) is 43.3 Å². The maximum absolute atomic E-state index is 11.8. The van der Waals surface area contributed by atoms with Gasteiger partial charge < -0.3 is 10.0 Å². The Bertz CT molecular complexity index is 589. The summed E-state index contributed by atoms with van der Waals surface area (Å²) in [5.41, 5.74) is 1.76. The average molecular weight is 274 g/mol. The third-order valence-electron chi connectivity index (χ3n) is 2.98. The molecule has 0 aliphatic carbocycles. The molecule has 20 heavy (non-hydrogen) atoms. The van der Waals surface area contributed by atoms with Crippen molar-refractivity contribution >= 4 is 5.91 Å². The zero-order chi connectivity index (χ0) is 14.7. The van der Waals surface area contributed by atoms with Crippen molar-refractivity contribution in [2.75, 3.05) is 14.1 Å². The summed E-state index contributed by atoms with van der Waals surface area (Å²) in [6.45, 7) is 1.90. The molecule has 1 N–H and O–H groups in total. The summed E-state index contributed by atoms with van der Waals surface area (Å²) in [5.74, 6) is -0.144. The molecule has 0 aliphatic rings. The number of aliphatic hydroxyl groups excluding tert-OH is 1. The van der Waals surface area contributed by atoms with Crippen LogP contribution in [0.2, 0.25) is 0 Å². The minimum atomic E-state index is -0.549. The number of nitrogens with zero attached hydrogens (tertiary/aromatic N) is 4. The van der Waals surface area contributed by atoms with E-state index in [0.717, 1.165) is 5.69 Å². The zero-order valence-corrected chi connectivity index (χ0v) is 11.8. The van der Waals surface area contributed by atoms with Crippen molar-refractivity contribution in [1.29, 1.82) is 0 Å². The Morgan fingerprint density at radius 2 is 2.15 bits per heavy atom. The molecule has 106 valence electrons. The van der Waals surface area contributed by atoms with Crippen molar-refractivity contribution in [3.8, 4) is 5.69 Å². The molecule has 2 aromatic heterocycles. The van der Waals surface area contributed by atoms with Gasteiger partial charge in [0.1, 0.15) is 0 Å². The van der Waals surface area contributed by atoms with E-state index in [4.69, 9.17) is 0 Å². The summed E-state index contributed by atoms with van der Waals surface area (Å²) in [6.07, 6.45) is 3.41. The standard InChI is InChI=1S/C14H18N4O2/c1-4-13(19)11-6-5-10(9-15-11)18-8-7-12(16-18)14(20)17(2)3/h5-9,13,19H,4H2,1-3H3/t13-/m1/s1. The summed E-state index contributed by atoms with van der Waals surface area (Å²) >= 11 is 0. The summed E-state index contributed by atoms with van der Waals surface area (Å²) in [7, 11) is 3.37. The van der Waals surface area contributed by atoms with Crippen LogP contribution >= 0.6 is 0 Å². The van der Waals surface area contributed by atoms with Crippen molar-refractivity contribution in [3.63, 3.8) is 0 Å². The lowest BCUT2D eigenvalue weighted by Crippen LogP contribution is -2.22. The van der Waals surface area contributed by atoms with E-state index in [2.05, 4.69) is 10.1 Å². The van der Waals surface area contributed by atoms with Crippen LogP contribution in [0.4, 0.5) is 0 Å². The Labute approximate surface area is 117 Å². The summed E-state index contributed by atoms with van der Waals surface area (Å²) in [5, 5.41) is 13.9. The number of hydrogen-bond donors (Lipinski definition) is 1. The quantitative estimate of drug-likeness (QED) is 0.915. The highest BCUT2D eigenvalue weighted by Gasteiger charge is 2.12. The number of amides is 1. The van der Waals surface area contributed by atoms with Gasteiger partial charge in [-0.15, -0.1) is 0 Å². The van der Waals surface area contributed by atoms with Crippen molar-refractivity contribution in [3.05, 3.63) is 42.0 Å². The van der Waals surface area contributed by atoms with Crippen LogP contribution in [0.1, 0.15) is 35.6 Å². The molecule has 1 atom stereocenters. The Hall–Kier alpha value is -2.21. The molecule has 0 saturated heterocycles. The first kappa shape index (κ1) is 14.2. The highest BCUT2D eigenvalue weighted by atomic mass is 16.3. The van der Waals surface area contributed by atoms with Crippen molar-refractivity contribution in [2.24, 2.45) is 0 Å². The molecular formula is C14H18N4O2. The fourth-order valence-electron chi connectivity index (χ4n) is 1.75. The number of carbonyl (C=O) groups excluding carboxylic acids is 1. The molecule has 2 aromatic rings. The summed E-state index contributed by atoms with van der Waals surface area (Å²) in [4.78, 5) is 17.5. The minimum Gasteiger partial charge on any atom is -0.387 e. The topological polar surface area (TPSA) is 71.2 Å². The van der Waals surface area contributed by atoms with E-state index < -0.39 is 6.10 Å². The van der Waals surface area contributed by atoms with E-state index in [-0.39, 0.29) is 5.91 Å². The smallest absolute Gasteiger partial charge is 0.273 e. The van der Waals surface area contributed by atoms with Gasteiger partial charge in [-0.1, -0.05) is 6.92 Å². The number of aliphatic hydroxyl groups is 1. The van der Waals surface area contributed by atoms with Gasteiger partial charge >= 0.3 is 0 Å². The van der Waals surface area contributed by atoms with Crippen molar-refractivity contribution in [1.82, 2.24) is 19.7 Å². The molecule has 0 aliphatic heterocycles. The maximum atomic E-state index is 11.8. The second-order valence-corrected chi connectivity index (χ2v) is 4.71. The average Bonchev–Trinajstić information content (AvgIpc) is 2.95. The highest BCUT2D eigenvalue weighted by Crippen LogP contribution is 2.15. The molecule has 6 heteroatoms. The van der Waals surface area contributed by atoms with Gasteiger partial charge in [-0.3, -0.25) is 9.78 Å². The monoisotopic (exact) mass is 274 g/mol. The maximum Gasteiger partial charge on any atom is 0.273 e. The second kappa shape index (κ2) is 5.83. The van der Waals surface area contributed by atoms with Crippen LogP contribution in [0.3, 0.4) is 0 Å². The van der Waals surface area contributed by atoms with Crippen LogP contribution in [0.15, 0.2) is 30.6 Å². The van der Waals surface area contributed by atoms with Gasteiger partial charge in [-0.05, 0) is 24.6 Å². The third kappa shape index (κ3) is 2.85. The van der Waals surface area contributed by atoms with Crippen molar-refractivity contribution in [2.45, 2.75) is 19.4 Å². The number of carbonyl (C=O) groups is 1. The van der Waals surface area contributed by atoms with Gasteiger partial charge in [0.2, 0.25) is 0 Å². The lowest BCUT2D eigenvalue weighted by molar-refractivity contribution is 0.0821. The van der Waals surface area contributed by atoms with Crippen molar-refractivity contribution < 1.29 is 9.90 Å². The molecule has 0 bridgehead atoms. The molecule has 0 aromatic carbocycles. The molecule has 0 fully saturated rings. The SMILES string of the molecule is CC[C@@H](O)c1ccc(-n2ccc(C(=O)N(C)C)n2)cn1. The zero-order valence-electron chi connectivity index (χ0n) is 11.8. The molecule has 6 nitrogen and oxygen atoms in total. The van der Waals surface area contributed by atoms with Gasteiger partial charge in [-0.25, -0.2) is 4.68 Å². The lowest BCUT2D eigenvalue weighted by Gasteiger charge is -2.08. The molecule has 0 spiro atoms. The van der Waals surface area contributed by atoms with Gasteiger partial charge in [0.15, 0.2) is 5.69 Å². The normalized spacial score (nSPS) is 12.2. The van der Waals surface area contributed by atoms with Gasteiger partial charge in [0.25, 0.3) is 5.91 Å². The van der Waals surface area contributed by atoms with Crippen LogP contribution in [0.5, 0.6) is 0 Å². The number of aromatic nitrogens is 3. The molecule has 2 heterocycles. The first-order valence-electron chi connectivity index (χ1n) is 6.44. The lowest BCUT2D eigenvalue weighted by atomic mass is 10.2. The molecular weight excluding hydrogens is 256 g/mol. The van der Waals surface area contributed by atoms with E-state index in [1.807, 2.05) is 13.0 Å². The van der Waals surface area contributed by atoms with Gasteiger partial charge in [0, 0.05) is 20.3 Å². The van der Waals surface area contributed by atoms with Crippen LogP contribution in [0.25, 0.3) is 5.69 Å². The Balaban J connectivity index is 2.22. The Morgan fingerprint density at radius 1 is 1.40 bits per heavy atom. The summed E-state index contributed by atoms with van der Waals surface area (Å²) < 4.78 is 1.59. The predicted octanol–water partition coefficient (Wildman–Crippen LogP) is 1.41. The molecule has 0 radical (unpaired) electrons. The predicted molar refractivity (Wildman–Crippen MR) is 74.6 cm³/mol. The van der Waals surface area contributed by atoms with E-state index in [9.17, 15) is 9.90 Å². The van der Waals surface area contributed by atoms with Crippen LogP contribution < -0.4 is 0 Å². The second-order valence-electron chi connectivity index (χ2n) is 4.71. The van der Waals surface area contributed by atoms with Crippen LogP contribution in [-0.4, -0.2) is 44.8 Å². The Morgan fingerprint density at radius 3 is 2.70 bits per heavy atom. The minimum absolute atomic E-state index is 0.144. The van der Waals surface area contributed by atoms with E-state index >= 15 is 0 Å². The number of pyridine rings is 1. The third-order valence-corrected chi connectivity index (χ3v) is 2.98. The largest absolute Gasteiger partial charge is 0.387 e. The highest BCUT2D eigenvalue weighted by molar-refractivity contribution is 5.91. The van der Waals surface area contributed by atoms with Gasteiger partial charge in [-0.2, -0.15) is 5.10 Å². The Kier molecular flexibility index (Phi) is 4.14. The summed E-state index contributed by atoms with van der Waals surface area (Å²) in [6, 6.07) is 5.24. The first-order chi connectivity index (χ1) is 9.52. The molecule has 1 amide bonds. The number of hydrogen-bond acceptors (Lipinski definition) is 4. The number of rotatable bonds is 4. The van der Waals surface area contributed by atoms with E-state index in [0.29, 0.717) is 17.8 Å². The molecule has 0 unspecified atom stereocenters.